The molecule has 0 saturated heterocycles. The summed E-state index contributed by atoms with van der Waals surface area (Å²) in [5.74, 6) is 0.894. The van der Waals surface area contributed by atoms with Crippen LogP contribution >= 0.6 is 0 Å². The van der Waals surface area contributed by atoms with E-state index in [9.17, 15) is 0 Å². The molecule has 0 aliphatic heterocycles. The molecule has 0 saturated carbocycles. The number of imidazole rings is 2. The van der Waals surface area contributed by atoms with Crippen LogP contribution in [0.2, 0.25) is 0 Å². The minimum absolute atomic E-state index is 0.894. The van der Waals surface area contributed by atoms with Gasteiger partial charge in [-0.15, -0.1) is 0 Å². The molecule has 0 fully saturated rings. The second kappa shape index (κ2) is 11.0. The lowest BCUT2D eigenvalue weighted by atomic mass is 9.97. The smallest absolute Gasteiger partial charge is 0.220 e. The molecule has 9 rings (SSSR count). The van der Waals surface area contributed by atoms with Crippen LogP contribution < -0.4 is 0 Å². The standard InChI is InChI=1S/C44H31N3/c1-30-17-19-34(20-18-30)38-25-37(33-15-9-4-10-16-33)26-39(27-38)46-43-29-36(32-13-7-3-8-14-32)22-24-42(43)47-41-23-21-35(28-40(41)45-44(46)47)31-11-5-2-6-12-31/h2-29H,1H3. The summed E-state index contributed by atoms with van der Waals surface area (Å²) in [6.45, 7) is 2.13. The van der Waals surface area contributed by atoms with E-state index >= 15 is 0 Å². The molecule has 0 radical (unpaired) electrons. The molecule has 3 heteroatoms. The molecule has 0 spiro atoms. The van der Waals surface area contributed by atoms with Crippen molar-refractivity contribution in [3.63, 3.8) is 0 Å². The second-order valence-corrected chi connectivity index (χ2v) is 12.2. The van der Waals surface area contributed by atoms with E-state index in [2.05, 4.69) is 186 Å². The Balaban J connectivity index is 1.35. The van der Waals surface area contributed by atoms with Gasteiger partial charge in [0.15, 0.2) is 0 Å². The zero-order valence-electron chi connectivity index (χ0n) is 26.0. The molecule has 2 heterocycles. The highest BCUT2D eigenvalue weighted by molar-refractivity contribution is 5.96. The van der Waals surface area contributed by atoms with E-state index in [0.717, 1.165) is 39.1 Å². The van der Waals surface area contributed by atoms with Crippen LogP contribution in [-0.4, -0.2) is 14.0 Å². The van der Waals surface area contributed by atoms with Gasteiger partial charge in [0.05, 0.1) is 27.8 Å². The third-order valence-electron chi connectivity index (χ3n) is 9.18. The number of nitrogens with zero attached hydrogens (tertiary/aromatic N) is 3. The maximum Gasteiger partial charge on any atom is 0.220 e. The largest absolute Gasteiger partial charge is 0.278 e. The number of aryl methyl sites for hydroxylation is 1. The molecule has 0 atom stereocenters. The molecule has 0 amide bonds. The lowest BCUT2D eigenvalue weighted by Gasteiger charge is -2.13. The third kappa shape index (κ3) is 4.72. The topological polar surface area (TPSA) is 22.2 Å². The van der Waals surface area contributed by atoms with Crippen LogP contribution in [0.15, 0.2) is 170 Å². The zero-order chi connectivity index (χ0) is 31.3. The average Bonchev–Trinajstić information content (AvgIpc) is 3.66. The Morgan fingerprint density at radius 2 is 0.872 bits per heavy atom. The van der Waals surface area contributed by atoms with E-state index in [4.69, 9.17) is 4.98 Å². The third-order valence-corrected chi connectivity index (χ3v) is 9.18. The van der Waals surface area contributed by atoms with Gasteiger partial charge in [-0.2, -0.15) is 0 Å². The second-order valence-electron chi connectivity index (χ2n) is 12.2. The first-order valence-electron chi connectivity index (χ1n) is 16.1. The van der Waals surface area contributed by atoms with Crippen molar-refractivity contribution in [1.82, 2.24) is 14.0 Å². The molecule has 9 aromatic rings. The van der Waals surface area contributed by atoms with Crippen LogP contribution in [0.1, 0.15) is 5.56 Å². The van der Waals surface area contributed by atoms with Crippen LogP contribution in [0.4, 0.5) is 0 Å². The monoisotopic (exact) mass is 601 g/mol. The van der Waals surface area contributed by atoms with Gasteiger partial charge in [-0.3, -0.25) is 8.97 Å². The zero-order valence-corrected chi connectivity index (χ0v) is 26.0. The van der Waals surface area contributed by atoms with E-state index < -0.39 is 0 Å². The van der Waals surface area contributed by atoms with E-state index in [1.165, 1.54) is 44.5 Å². The summed E-state index contributed by atoms with van der Waals surface area (Å²) in [4.78, 5) is 5.36. The number of benzene rings is 7. The molecule has 222 valence electrons. The fourth-order valence-corrected chi connectivity index (χ4v) is 6.78. The quantitative estimate of drug-likeness (QED) is 0.192. The maximum atomic E-state index is 5.36. The molecule has 47 heavy (non-hydrogen) atoms. The van der Waals surface area contributed by atoms with Crippen LogP contribution in [-0.2, 0) is 0 Å². The van der Waals surface area contributed by atoms with Crippen molar-refractivity contribution < 1.29 is 0 Å². The molecule has 0 aliphatic rings. The molecule has 0 unspecified atom stereocenters. The van der Waals surface area contributed by atoms with Gasteiger partial charge in [0, 0.05) is 0 Å². The van der Waals surface area contributed by atoms with Crippen molar-refractivity contribution in [2.45, 2.75) is 6.92 Å². The number of hydrogen-bond donors (Lipinski definition) is 0. The van der Waals surface area contributed by atoms with Crippen LogP contribution in [0.3, 0.4) is 0 Å². The lowest BCUT2D eigenvalue weighted by Crippen LogP contribution is -1.97. The van der Waals surface area contributed by atoms with Crippen molar-refractivity contribution in [2.75, 3.05) is 0 Å². The molecule has 2 aromatic heterocycles. The predicted octanol–water partition coefficient (Wildman–Crippen LogP) is 11.4. The summed E-state index contributed by atoms with van der Waals surface area (Å²) in [6.07, 6.45) is 0. The Morgan fingerprint density at radius 3 is 1.47 bits per heavy atom. The first kappa shape index (κ1) is 27.1. The van der Waals surface area contributed by atoms with Crippen molar-refractivity contribution in [3.05, 3.63) is 175 Å². The fourth-order valence-electron chi connectivity index (χ4n) is 6.78. The Kier molecular flexibility index (Phi) is 6.36. The molecular formula is C44H31N3. The van der Waals surface area contributed by atoms with Gasteiger partial charge < -0.3 is 0 Å². The summed E-state index contributed by atoms with van der Waals surface area (Å²) in [6, 6.07) is 60.9. The van der Waals surface area contributed by atoms with Crippen LogP contribution in [0, 0.1) is 6.92 Å². The first-order valence-corrected chi connectivity index (χ1v) is 16.1. The maximum absolute atomic E-state index is 5.36. The summed E-state index contributed by atoms with van der Waals surface area (Å²) in [5, 5.41) is 0. The minimum Gasteiger partial charge on any atom is -0.278 e. The highest BCUT2D eigenvalue weighted by Crippen LogP contribution is 2.37. The molecule has 0 bridgehead atoms. The lowest BCUT2D eigenvalue weighted by molar-refractivity contribution is 1.11. The summed E-state index contributed by atoms with van der Waals surface area (Å²) in [5.41, 5.74) is 16.0. The Bertz CT molecular complexity index is 2540. The number of aromatic nitrogens is 3. The van der Waals surface area contributed by atoms with Gasteiger partial charge in [-0.1, -0.05) is 133 Å². The summed E-state index contributed by atoms with van der Waals surface area (Å²) < 4.78 is 4.66. The Labute approximate surface area is 273 Å². The highest BCUT2D eigenvalue weighted by atomic mass is 15.2. The van der Waals surface area contributed by atoms with Gasteiger partial charge in [0.1, 0.15) is 0 Å². The summed E-state index contributed by atoms with van der Waals surface area (Å²) >= 11 is 0. The van der Waals surface area contributed by atoms with Crippen LogP contribution in [0.25, 0.3) is 78.0 Å². The first-order chi connectivity index (χ1) is 23.2. The average molecular weight is 602 g/mol. The van der Waals surface area contributed by atoms with E-state index in [-0.39, 0.29) is 0 Å². The van der Waals surface area contributed by atoms with E-state index in [1.807, 2.05) is 0 Å². The van der Waals surface area contributed by atoms with Crippen molar-refractivity contribution in [3.8, 4) is 50.2 Å². The van der Waals surface area contributed by atoms with Gasteiger partial charge >= 0.3 is 0 Å². The molecule has 7 aromatic carbocycles. The van der Waals surface area contributed by atoms with Crippen molar-refractivity contribution >= 4 is 27.8 Å². The normalized spacial score (nSPS) is 11.5. The molecule has 0 N–H and O–H groups in total. The van der Waals surface area contributed by atoms with E-state index in [1.54, 1.807) is 0 Å². The van der Waals surface area contributed by atoms with E-state index in [0.29, 0.717) is 0 Å². The minimum atomic E-state index is 0.894. The number of fused-ring (bicyclic) bond motifs is 5. The number of hydrogen-bond acceptors (Lipinski definition) is 1. The SMILES string of the molecule is Cc1ccc(-c2cc(-c3ccccc3)cc(-n3c4cc(-c5ccccc5)ccc4n4c5ccc(-c6ccccc6)cc5nc34)c2)cc1. The fraction of sp³-hybridized carbons (Fsp3) is 0.0227. The highest BCUT2D eigenvalue weighted by Gasteiger charge is 2.20. The molecule has 3 nitrogen and oxygen atoms in total. The van der Waals surface area contributed by atoms with Crippen molar-refractivity contribution in [2.24, 2.45) is 0 Å². The summed E-state index contributed by atoms with van der Waals surface area (Å²) in [7, 11) is 0. The van der Waals surface area contributed by atoms with Crippen LogP contribution in [0.5, 0.6) is 0 Å². The van der Waals surface area contributed by atoms with Gasteiger partial charge in [0.25, 0.3) is 0 Å². The predicted molar refractivity (Wildman–Crippen MR) is 196 cm³/mol. The Morgan fingerprint density at radius 1 is 0.383 bits per heavy atom. The van der Waals surface area contributed by atoms with Gasteiger partial charge in [-0.05, 0) is 93.9 Å². The van der Waals surface area contributed by atoms with Gasteiger partial charge in [-0.25, -0.2) is 4.98 Å². The number of rotatable bonds is 5. The molecule has 0 aliphatic carbocycles. The van der Waals surface area contributed by atoms with Gasteiger partial charge in [0.2, 0.25) is 5.78 Å². The molecular weight excluding hydrogens is 571 g/mol. The Hall–Kier alpha value is -6.19. The van der Waals surface area contributed by atoms with Crippen molar-refractivity contribution in [1.29, 1.82) is 0 Å².